The van der Waals surface area contributed by atoms with E-state index in [1.807, 2.05) is 0 Å². The SMILES string of the molecule is Cc1cnc(C(F)F)c(CC(=O)O)c1. The lowest BCUT2D eigenvalue weighted by Gasteiger charge is -2.06. The van der Waals surface area contributed by atoms with Crippen molar-refractivity contribution < 1.29 is 18.7 Å². The Balaban J connectivity index is 3.09. The third-order valence-electron chi connectivity index (χ3n) is 1.69. The second-order valence-corrected chi connectivity index (χ2v) is 2.93. The van der Waals surface area contributed by atoms with E-state index in [4.69, 9.17) is 5.11 Å². The van der Waals surface area contributed by atoms with Gasteiger partial charge in [0.2, 0.25) is 0 Å². The normalized spacial score (nSPS) is 10.6. The predicted octanol–water partition coefficient (Wildman–Crippen LogP) is 1.95. The Bertz CT molecular complexity index is 353. The molecular formula is C9H9F2NO2. The summed E-state index contributed by atoms with van der Waals surface area (Å²) >= 11 is 0. The fourth-order valence-electron chi connectivity index (χ4n) is 1.14. The van der Waals surface area contributed by atoms with Crippen LogP contribution in [-0.2, 0) is 11.2 Å². The van der Waals surface area contributed by atoms with Crippen molar-refractivity contribution in [2.45, 2.75) is 19.8 Å². The molecule has 0 saturated carbocycles. The van der Waals surface area contributed by atoms with Gasteiger partial charge in [-0.25, -0.2) is 8.78 Å². The van der Waals surface area contributed by atoms with Gasteiger partial charge in [-0.2, -0.15) is 0 Å². The molecule has 5 heteroatoms. The number of aryl methyl sites for hydroxylation is 1. The molecule has 0 fully saturated rings. The summed E-state index contributed by atoms with van der Waals surface area (Å²) in [5.41, 5.74) is 0.302. The third-order valence-corrected chi connectivity index (χ3v) is 1.69. The average Bonchev–Trinajstić information content (AvgIpc) is 2.01. The Morgan fingerprint density at radius 1 is 1.64 bits per heavy atom. The van der Waals surface area contributed by atoms with Crippen molar-refractivity contribution in [3.63, 3.8) is 0 Å². The van der Waals surface area contributed by atoms with Gasteiger partial charge in [0, 0.05) is 6.20 Å². The van der Waals surface area contributed by atoms with Crippen molar-refractivity contribution in [2.75, 3.05) is 0 Å². The molecule has 3 nitrogen and oxygen atoms in total. The van der Waals surface area contributed by atoms with Crippen LogP contribution < -0.4 is 0 Å². The molecule has 0 bridgehead atoms. The molecule has 0 aromatic carbocycles. The van der Waals surface area contributed by atoms with E-state index < -0.39 is 24.5 Å². The highest BCUT2D eigenvalue weighted by Crippen LogP contribution is 2.21. The van der Waals surface area contributed by atoms with Gasteiger partial charge < -0.3 is 5.11 Å². The number of hydrogen-bond donors (Lipinski definition) is 1. The minimum absolute atomic E-state index is 0.0764. The van der Waals surface area contributed by atoms with E-state index in [9.17, 15) is 13.6 Å². The fourth-order valence-corrected chi connectivity index (χ4v) is 1.14. The third kappa shape index (κ3) is 2.48. The Labute approximate surface area is 79.4 Å². The summed E-state index contributed by atoms with van der Waals surface area (Å²) in [5, 5.41) is 8.49. The highest BCUT2D eigenvalue weighted by Gasteiger charge is 2.16. The number of hydrogen-bond acceptors (Lipinski definition) is 2. The zero-order valence-electron chi connectivity index (χ0n) is 7.50. The Morgan fingerprint density at radius 3 is 2.79 bits per heavy atom. The molecule has 1 N–H and O–H groups in total. The molecule has 1 heterocycles. The van der Waals surface area contributed by atoms with Crippen LogP contribution in [0, 0.1) is 6.92 Å². The van der Waals surface area contributed by atoms with Crippen LogP contribution in [0.1, 0.15) is 23.2 Å². The maximum absolute atomic E-state index is 12.4. The second-order valence-electron chi connectivity index (χ2n) is 2.93. The number of halogens is 2. The van der Waals surface area contributed by atoms with Gasteiger partial charge in [0.25, 0.3) is 6.43 Å². The van der Waals surface area contributed by atoms with Crippen molar-refractivity contribution in [1.82, 2.24) is 4.98 Å². The van der Waals surface area contributed by atoms with Crippen LogP contribution in [-0.4, -0.2) is 16.1 Å². The monoisotopic (exact) mass is 201 g/mol. The molecule has 1 aromatic rings. The first kappa shape index (κ1) is 10.6. The molecule has 0 atom stereocenters. The second kappa shape index (κ2) is 4.13. The van der Waals surface area contributed by atoms with Crippen LogP contribution in [0.25, 0.3) is 0 Å². The number of aromatic nitrogens is 1. The van der Waals surface area contributed by atoms with Gasteiger partial charge >= 0.3 is 5.97 Å². The summed E-state index contributed by atoms with van der Waals surface area (Å²) < 4.78 is 24.7. The van der Waals surface area contributed by atoms with E-state index in [1.54, 1.807) is 6.92 Å². The number of carbonyl (C=O) groups is 1. The summed E-state index contributed by atoms with van der Waals surface area (Å²) in [4.78, 5) is 13.9. The van der Waals surface area contributed by atoms with Crippen LogP contribution in [0.3, 0.4) is 0 Å². The van der Waals surface area contributed by atoms with Crippen molar-refractivity contribution in [1.29, 1.82) is 0 Å². The van der Waals surface area contributed by atoms with Gasteiger partial charge in [0.15, 0.2) is 0 Å². The minimum Gasteiger partial charge on any atom is -0.481 e. The van der Waals surface area contributed by atoms with Crippen molar-refractivity contribution in [3.8, 4) is 0 Å². The van der Waals surface area contributed by atoms with Crippen LogP contribution in [0.2, 0.25) is 0 Å². The van der Waals surface area contributed by atoms with Gasteiger partial charge in [0.1, 0.15) is 5.69 Å². The Morgan fingerprint density at radius 2 is 2.29 bits per heavy atom. The number of carboxylic acid groups (broad SMARTS) is 1. The van der Waals surface area contributed by atoms with E-state index in [0.717, 1.165) is 0 Å². The van der Waals surface area contributed by atoms with Crippen molar-refractivity contribution >= 4 is 5.97 Å². The number of alkyl halides is 2. The number of rotatable bonds is 3. The molecule has 0 saturated heterocycles. The van der Waals surface area contributed by atoms with Gasteiger partial charge in [-0.3, -0.25) is 9.78 Å². The quantitative estimate of drug-likeness (QED) is 0.813. The smallest absolute Gasteiger partial charge is 0.307 e. The molecule has 0 unspecified atom stereocenters. The first-order chi connectivity index (χ1) is 6.50. The molecule has 0 aliphatic rings. The van der Waals surface area contributed by atoms with Gasteiger partial charge in [-0.05, 0) is 18.1 Å². The highest BCUT2D eigenvalue weighted by atomic mass is 19.3. The minimum atomic E-state index is -2.73. The fraction of sp³-hybridized carbons (Fsp3) is 0.333. The summed E-state index contributed by atoms with van der Waals surface area (Å²) in [6.45, 7) is 1.67. The topological polar surface area (TPSA) is 50.2 Å². The summed E-state index contributed by atoms with van der Waals surface area (Å²) in [7, 11) is 0. The number of aliphatic carboxylic acids is 1. The molecule has 0 aliphatic carbocycles. The molecule has 1 aromatic heterocycles. The largest absolute Gasteiger partial charge is 0.481 e. The standard InChI is InChI=1S/C9H9F2NO2/c1-5-2-6(3-7(13)14)8(9(10)11)12-4-5/h2,4,9H,3H2,1H3,(H,13,14). The maximum atomic E-state index is 12.4. The lowest BCUT2D eigenvalue weighted by atomic mass is 10.1. The summed E-state index contributed by atoms with van der Waals surface area (Å²) in [6.07, 6.45) is -1.86. The lowest BCUT2D eigenvalue weighted by Crippen LogP contribution is -2.06. The highest BCUT2D eigenvalue weighted by molar-refractivity contribution is 5.70. The molecule has 0 aliphatic heterocycles. The Kier molecular flexibility index (Phi) is 3.11. The Hall–Kier alpha value is -1.52. The van der Waals surface area contributed by atoms with E-state index in [0.29, 0.717) is 5.56 Å². The molecule has 0 spiro atoms. The summed E-state index contributed by atoms with van der Waals surface area (Å²) in [5.74, 6) is -1.14. The number of pyridine rings is 1. The number of nitrogens with zero attached hydrogens (tertiary/aromatic N) is 1. The van der Waals surface area contributed by atoms with Crippen LogP contribution in [0.15, 0.2) is 12.3 Å². The van der Waals surface area contributed by atoms with Crippen LogP contribution >= 0.6 is 0 Å². The average molecular weight is 201 g/mol. The van der Waals surface area contributed by atoms with Gasteiger partial charge in [-0.15, -0.1) is 0 Å². The van der Waals surface area contributed by atoms with Crippen LogP contribution in [0.5, 0.6) is 0 Å². The first-order valence-corrected chi connectivity index (χ1v) is 3.96. The molecule has 14 heavy (non-hydrogen) atoms. The molecule has 0 radical (unpaired) electrons. The van der Waals surface area contributed by atoms with E-state index in [-0.39, 0.29) is 5.56 Å². The van der Waals surface area contributed by atoms with Crippen LogP contribution in [0.4, 0.5) is 8.78 Å². The van der Waals surface area contributed by atoms with E-state index >= 15 is 0 Å². The van der Waals surface area contributed by atoms with Crippen molar-refractivity contribution in [2.24, 2.45) is 0 Å². The van der Waals surface area contributed by atoms with E-state index in [1.165, 1.54) is 12.3 Å². The molecular weight excluding hydrogens is 192 g/mol. The van der Waals surface area contributed by atoms with Crippen molar-refractivity contribution in [3.05, 3.63) is 29.1 Å². The van der Waals surface area contributed by atoms with Gasteiger partial charge in [-0.1, -0.05) is 6.07 Å². The first-order valence-electron chi connectivity index (χ1n) is 3.96. The zero-order valence-corrected chi connectivity index (χ0v) is 7.50. The van der Waals surface area contributed by atoms with E-state index in [2.05, 4.69) is 4.98 Å². The lowest BCUT2D eigenvalue weighted by molar-refractivity contribution is -0.136. The maximum Gasteiger partial charge on any atom is 0.307 e. The molecule has 76 valence electrons. The summed E-state index contributed by atoms with van der Waals surface area (Å²) in [6, 6.07) is 1.42. The molecule has 1 rings (SSSR count). The number of carboxylic acids is 1. The molecule has 0 amide bonds. The zero-order chi connectivity index (χ0) is 10.7. The predicted molar refractivity (Wildman–Crippen MR) is 45.3 cm³/mol. The van der Waals surface area contributed by atoms with Gasteiger partial charge in [0.05, 0.1) is 6.42 Å².